The number of hydrogen-bond donors (Lipinski definition) is 1. The Bertz CT molecular complexity index is 1060. The number of rotatable bonds is 6. The van der Waals surface area contributed by atoms with Gasteiger partial charge in [0.25, 0.3) is 0 Å². The maximum absolute atomic E-state index is 12.3. The predicted octanol–water partition coefficient (Wildman–Crippen LogP) is 1.99. The highest BCUT2D eigenvalue weighted by Gasteiger charge is 2.15. The van der Waals surface area contributed by atoms with Crippen LogP contribution in [0.4, 0.5) is 0 Å². The molecular weight excluding hydrogens is 420 g/mol. The van der Waals surface area contributed by atoms with E-state index in [1.54, 1.807) is 19.2 Å². The topological polar surface area (TPSA) is 86.0 Å². The van der Waals surface area contributed by atoms with Gasteiger partial charge in [0.15, 0.2) is 5.82 Å². The van der Waals surface area contributed by atoms with Crippen LogP contribution in [0.1, 0.15) is 0 Å². The Balaban J connectivity index is 1.73. The van der Waals surface area contributed by atoms with Gasteiger partial charge in [-0.25, -0.2) is 22.6 Å². The minimum Gasteiger partial charge on any atom is -0.278 e. The fraction of sp³-hybridized carbons (Fsp3) is 0.176. The first-order chi connectivity index (χ1) is 12.4. The second-order valence-electron chi connectivity index (χ2n) is 5.61. The molecule has 0 aliphatic heterocycles. The summed E-state index contributed by atoms with van der Waals surface area (Å²) in [6.07, 6.45) is 0. The molecule has 3 rings (SSSR count). The third kappa shape index (κ3) is 3.95. The first-order valence-electron chi connectivity index (χ1n) is 7.83. The van der Waals surface area contributed by atoms with Crippen LogP contribution in [-0.4, -0.2) is 29.3 Å². The van der Waals surface area contributed by atoms with Gasteiger partial charge in [-0.1, -0.05) is 46.3 Å². The number of sulfonamides is 1. The van der Waals surface area contributed by atoms with Crippen LogP contribution in [0, 0.1) is 0 Å². The van der Waals surface area contributed by atoms with E-state index in [1.165, 1.54) is 21.4 Å². The molecule has 0 spiro atoms. The Kier molecular flexibility index (Phi) is 5.40. The van der Waals surface area contributed by atoms with Crippen LogP contribution in [-0.2, 0) is 23.6 Å². The molecule has 1 aromatic heterocycles. The van der Waals surface area contributed by atoms with Crippen molar-refractivity contribution >= 4 is 26.0 Å². The number of halogens is 1. The van der Waals surface area contributed by atoms with Crippen LogP contribution in [0.15, 0.2) is 68.8 Å². The summed E-state index contributed by atoms with van der Waals surface area (Å²) in [5, 5.41) is 4.31. The Labute approximate surface area is 159 Å². The van der Waals surface area contributed by atoms with Gasteiger partial charge in [-0.3, -0.25) is 4.57 Å². The first-order valence-corrected chi connectivity index (χ1v) is 10.1. The highest BCUT2D eigenvalue weighted by molar-refractivity contribution is 9.10. The van der Waals surface area contributed by atoms with Gasteiger partial charge in [0.05, 0.1) is 11.4 Å². The first kappa shape index (κ1) is 18.6. The summed E-state index contributed by atoms with van der Waals surface area (Å²) < 4.78 is 30.5. The van der Waals surface area contributed by atoms with Crippen molar-refractivity contribution in [2.75, 3.05) is 6.54 Å². The molecular formula is C17H17BrN4O3S. The van der Waals surface area contributed by atoms with Gasteiger partial charge in [0, 0.05) is 23.6 Å². The minimum absolute atomic E-state index is 0.0591. The van der Waals surface area contributed by atoms with Crippen molar-refractivity contribution in [2.24, 2.45) is 7.05 Å². The van der Waals surface area contributed by atoms with E-state index in [4.69, 9.17) is 0 Å². The molecule has 136 valence electrons. The molecule has 3 aromatic rings. The maximum atomic E-state index is 12.3. The molecule has 0 saturated heterocycles. The largest absolute Gasteiger partial charge is 0.345 e. The van der Waals surface area contributed by atoms with Crippen molar-refractivity contribution < 1.29 is 8.42 Å². The molecule has 1 N–H and O–H groups in total. The van der Waals surface area contributed by atoms with Gasteiger partial charge in [-0.2, -0.15) is 0 Å². The van der Waals surface area contributed by atoms with Gasteiger partial charge in [0.1, 0.15) is 0 Å². The summed E-state index contributed by atoms with van der Waals surface area (Å²) in [5.41, 5.74) is 0.521. The van der Waals surface area contributed by atoms with E-state index in [-0.39, 0.29) is 23.7 Å². The quantitative estimate of drug-likeness (QED) is 0.639. The number of nitrogens with one attached hydrogen (secondary N) is 1. The van der Waals surface area contributed by atoms with Crippen molar-refractivity contribution in [3.05, 3.63) is 69.6 Å². The lowest BCUT2D eigenvalue weighted by Crippen LogP contribution is -2.31. The summed E-state index contributed by atoms with van der Waals surface area (Å²) in [6, 6.07) is 15.7. The highest BCUT2D eigenvalue weighted by atomic mass is 79.9. The molecule has 0 unspecified atom stereocenters. The van der Waals surface area contributed by atoms with E-state index < -0.39 is 10.0 Å². The third-order valence-electron chi connectivity index (χ3n) is 3.81. The van der Waals surface area contributed by atoms with E-state index >= 15 is 0 Å². The fourth-order valence-electron chi connectivity index (χ4n) is 2.46. The Morgan fingerprint density at radius 2 is 1.73 bits per heavy atom. The second-order valence-corrected chi connectivity index (χ2v) is 8.29. The zero-order valence-electron chi connectivity index (χ0n) is 14.0. The lowest BCUT2D eigenvalue weighted by Gasteiger charge is -2.06. The van der Waals surface area contributed by atoms with Crippen LogP contribution >= 0.6 is 15.9 Å². The number of benzene rings is 2. The standard InChI is InChI=1S/C17H17BrN4O3S/c1-21-16(13-5-3-2-4-6-13)20-22(17(21)23)12-11-19-26(24,25)15-9-7-14(18)8-10-15/h2-10,19H,11-12H2,1H3. The SMILES string of the molecule is Cn1c(-c2ccccc2)nn(CCNS(=O)(=O)c2ccc(Br)cc2)c1=O. The molecule has 1 heterocycles. The second kappa shape index (κ2) is 7.56. The molecule has 2 aromatic carbocycles. The van der Waals surface area contributed by atoms with Gasteiger partial charge in [0.2, 0.25) is 10.0 Å². The average Bonchev–Trinajstić information content (AvgIpc) is 2.91. The summed E-state index contributed by atoms with van der Waals surface area (Å²) in [4.78, 5) is 12.5. The van der Waals surface area contributed by atoms with Crippen molar-refractivity contribution in [2.45, 2.75) is 11.4 Å². The summed E-state index contributed by atoms with van der Waals surface area (Å²) in [6.45, 7) is 0.193. The summed E-state index contributed by atoms with van der Waals surface area (Å²) in [7, 11) is -2.00. The van der Waals surface area contributed by atoms with Crippen LogP contribution in [0.3, 0.4) is 0 Å². The normalized spacial score (nSPS) is 11.6. The maximum Gasteiger partial charge on any atom is 0.345 e. The monoisotopic (exact) mass is 436 g/mol. The number of hydrogen-bond acceptors (Lipinski definition) is 4. The van der Waals surface area contributed by atoms with E-state index in [0.29, 0.717) is 5.82 Å². The van der Waals surface area contributed by atoms with Crippen molar-refractivity contribution in [1.82, 2.24) is 19.1 Å². The van der Waals surface area contributed by atoms with Crippen molar-refractivity contribution in [3.8, 4) is 11.4 Å². The molecule has 0 aliphatic rings. The predicted molar refractivity (Wildman–Crippen MR) is 102 cm³/mol. The Morgan fingerprint density at radius 1 is 1.08 bits per heavy atom. The van der Waals surface area contributed by atoms with Crippen molar-refractivity contribution in [1.29, 1.82) is 0 Å². The lowest BCUT2D eigenvalue weighted by atomic mass is 10.2. The molecule has 0 bridgehead atoms. The van der Waals surface area contributed by atoms with Crippen LogP contribution < -0.4 is 10.4 Å². The van der Waals surface area contributed by atoms with Gasteiger partial charge < -0.3 is 0 Å². The third-order valence-corrected chi connectivity index (χ3v) is 5.82. The van der Waals surface area contributed by atoms with E-state index in [0.717, 1.165) is 10.0 Å². The van der Waals surface area contributed by atoms with E-state index in [9.17, 15) is 13.2 Å². The molecule has 26 heavy (non-hydrogen) atoms. The molecule has 0 atom stereocenters. The fourth-order valence-corrected chi connectivity index (χ4v) is 3.74. The zero-order valence-corrected chi connectivity index (χ0v) is 16.4. The number of aromatic nitrogens is 3. The molecule has 9 heteroatoms. The number of nitrogens with zero attached hydrogens (tertiary/aromatic N) is 3. The Hall–Kier alpha value is -2.23. The summed E-state index contributed by atoms with van der Waals surface area (Å²) in [5.74, 6) is 0.534. The Morgan fingerprint density at radius 3 is 2.38 bits per heavy atom. The van der Waals surface area contributed by atoms with Gasteiger partial charge in [-0.15, -0.1) is 5.10 Å². The van der Waals surface area contributed by atoms with Gasteiger partial charge >= 0.3 is 5.69 Å². The van der Waals surface area contributed by atoms with E-state index in [1.807, 2.05) is 30.3 Å². The minimum atomic E-state index is -3.64. The summed E-state index contributed by atoms with van der Waals surface area (Å²) >= 11 is 3.27. The smallest absolute Gasteiger partial charge is 0.278 e. The molecule has 7 nitrogen and oxygen atoms in total. The van der Waals surface area contributed by atoms with Crippen LogP contribution in [0.5, 0.6) is 0 Å². The molecule has 0 aliphatic carbocycles. The molecule has 0 fully saturated rings. The zero-order chi connectivity index (χ0) is 18.7. The molecule has 0 saturated carbocycles. The van der Waals surface area contributed by atoms with Crippen molar-refractivity contribution in [3.63, 3.8) is 0 Å². The van der Waals surface area contributed by atoms with Gasteiger partial charge in [-0.05, 0) is 24.3 Å². The highest BCUT2D eigenvalue weighted by Crippen LogP contribution is 2.15. The van der Waals surface area contributed by atoms with Crippen LogP contribution in [0.25, 0.3) is 11.4 Å². The molecule has 0 radical (unpaired) electrons. The van der Waals surface area contributed by atoms with E-state index in [2.05, 4.69) is 25.8 Å². The van der Waals surface area contributed by atoms with Crippen LogP contribution in [0.2, 0.25) is 0 Å². The lowest BCUT2D eigenvalue weighted by molar-refractivity contribution is 0.551. The molecule has 0 amide bonds. The average molecular weight is 437 g/mol.